The van der Waals surface area contributed by atoms with Gasteiger partial charge in [0.05, 0.1) is 0 Å². The van der Waals surface area contributed by atoms with Gasteiger partial charge in [0, 0.05) is 158 Å². The fourth-order valence-electron chi connectivity index (χ4n) is 11.7. The molecule has 12 aromatic carbocycles. The summed E-state index contributed by atoms with van der Waals surface area (Å²) in [6.07, 6.45) is 0. The minimum absolute atomic E-state index is 0.479. The highest BCUT2D eigenvalue weighted by Gasteiger charge is 2.28. The summed E-state index contributed by atoms with van der Waals surface area (Å²) in [5.74, 6) is 1.92. The summed E-state index contributed by atoms with van der Waals surface area (Å²) in [7, 11) is 0. The molecule has 104 heavy (non-hydrogen) atoms. The lowest BCUT2D eigenvalue weighted by atomic mass is 10.1. The molecule has 0 fully saturated rings. The molecule has 0 saturated carbocycles. The van der Waals surface area contributed by atoms with Crippen LogP contribution in [-0.2, 0) is 0 Å². The largest absolute Gasteiger partial charge is 0.324 e. The van der Waals surface area contributed by atoms with E-state index in [1.165, 1.54) is 0 Å². The van der Waals surface area contributed by atoms with Crippen LogP contribution in [0.3, 0.4) is 0 Å². The zero-order valence-corrected chi connectivity index (χ0v) is 72.3. The Hall–Kier alpha value is -5.36. The van der Waals surface area contributed by atoms with Crippen LogP contribution >= 0.6 is 222 Å². The number of nitrogens with zero attached hydrogens (tertiary/aromatic N) is 6. The van der Waals surface area contributed by atoms with Gasteiger partial charge in [-0.05, 0) is 194 Å². The molecule has 2 aliphatic rings. The van der Waals surface area contributed by atoms with E-state index in [2.05, 4.69) is 380 Å². The molecule has 24 heteroatoms. The van der Waals surface area contributed by atoms with Crippen molar-refractivity contribution in [1.82, 2.24) is 39.9 Å². The van der Waals surface area contributed by atoms with Crippen molar-refractivity contribution < 1.29 is 0 Å². The van der Waals surface area contributed by atoms with Gasteiger partial charge >= 0.3 is 0 Å². The summed E-state index contributed by atoms with van der Waals surface area (Å²) in [5, 5.41) is 3.37. The lowest BCUT2D eigenvalue weighted by Gasteiger charge is -2.13. The number of hydrogen-bond acceptors (Lipinski definition) is 14. The highest BCUT2D eigenvalue weighted by Crippen LogP contribution is 2.52. The molecule has 15 aromatic rings. The van der Waals surface area contributed by atoms with Crippen LogP contribution in [0.2, 0.25) is 0 Å². The Balaban J connectivity index is 0.995. The third kappa shape index (κ3) is 16.1. The van der Waals surface area contributed by atoms with Gasteiger partial charge in [-0.2, -0.15) is 0 Å². The van der Waals surface area contributed by atoms with Crippen LogP contribution in [0.4, 0.5) is 0 Å². The van der Waals surface area contributed by atoms with E-state index >= 15 is 0 Å². The fourth-order valence-corrected chi connectivity index (χ4v) is 24.5. The molecule has 2 aliphatic heterocycles. The first-order chi connectivity index (χ1) is 50.6. The number of hydrogen-bond donors (Lipinski definition) is 2. The molecule has 0 spiro atoms. The molecule has 5 heterocycles. The van der Waals surface area contributed by atoms with Gasteiger partial charge in [0.2, 0.25) is 0 Å². The molecule has 0 radical (unpaired) electrons. The summed E-state index contributed by atoms with van der Waals surface area (Å²) in [6.45, 7) is 0. The van der Waals surface area contributed by atoms with Gasteiger partial charge in [0.1, 0.15) is 22.6 Å². The van der Waals surface area contributed by atoms with Crippen molar-refractivity contribution in [3.63, 3.8) is 0 Å². The third-order valence-electron chi connectivity index (χ3n) is 16.3. The predicted molar refractivity (Wildman–Crippen MR) is 462 cm³/mol. The van der Waals surface area contributed by atoms with Gasteiger partial charge in [0.15, 0.2) is 23.3 Å². The summed E-state index contributed by atoms with van der Waals surface area (Å²) >= 11 is 43.8. The summed E-state index contributed by atoms with van der Waals surface area (Å²) in [5.41, 5.74) is 5.53. The average molecular weight is 2010 g/mol. The van der Waals surface area contributed by atoms with Crippen LogP contribution in [0.1, 0.15) is 0 Å². The van der Waals surface area contributed by atoms with Crippen LogP contribution in [0.5, 0.6) is 0 Å². The second-order valence-electron chi connectivity index (χ2n) is 23.5. The van der Waals surface area contributed by atoms with Crippen LogP contribution < -0.4 is 0 Å². The minimum atomic E-state index is 0.479. The SMILES string of the molecule is Brc1cccc(Sc2cc3c(cc2Sc2cccc(Br)c2)-c2nc-3nc3[nH]c(nc4nc(nc5[nH]c(n2)c2cc(Sc6cccc(Br)c6)c(Sc6cccc(Br)c6)cc52)-c2cc(Sc5cccc(Br)c5)c(Sc5cccc(Br)c5)cc2-4)c2cc(Sc4cccc(Br)c4)c(Sc4cccc(Br)c4)cc32)c1. The van der Waals surface area contributed by atoms with E-state index < -0.39 is 0 Å². The number of aromatic nitrogens is 8. The van der Waals surface area contributed by atoms with Gasteiger partial charge in [0.25, 0.3) is 0 Å². The average Bonchev–Trinajstić information content (AvgIpc) is 1.59. The van der Waals surface area contributed by atoms with Gasteiger partial charge in [-0.1, -0.05) is 270 Å². The van der Waals surface area contributed by atoms with Crippen LogP contribution in [-0.4, -0.2) is 39.9 Å². The first-order valence-electron chi connectivity index (χ1n) is 31.7. The molecule has 0 unspecified atom stereocenters. The van der Waals surface area contributed by atoms with E-state index in [9.17, 15) is 0 Å². The Kier molecular flexibility index (Phi) is 21.5. The van der Waals surface area contributed by atoms with Crippen molar-refractivity contribution >= 4 is 266 Å². The molecule has 8 nitrogen and oxygen atoms in total. The Morgan fingerprint density at radius 1 is 0.192 bits per heavy atom. The smallest absolute Gasteiger partial charge is 0.164 e. The standard InChI is InChI=1S/C80H42Br8N8S8/c81-41-9-1-17-49(25-41)97-65-33-57-58(34-66(65)98-50-18-2-10-42(82)26-50)74-89-73(57)93-75-59-35-67(99-51-19-3-11-43(83)27-51)68(100-52-20-4-12-44(84)28-52)36-60(59)77(90-75)95-79-63-39-71(103-55-23-7-15-47(87)31-55)72(104-56-24-8-16-48(88)32-56)40-64(63)80(92-79)96-78-62-38-70(102-54-22-6-14-46(86)30-54)69(37-61(62)76(91-78)94-74)101-53-21-5-13-45(85)29-53/h1-40H,(H2,89,90,91,92,93,94,95,96). The lowest BCUT2D eigenvalue weighted by Crippen LogP contribution is -1.88. The van der Waals surface area contributed by atoms with E-state index in [1.54, 1.807) is 94.1 Å². The highest BCUT2D eigenvalue weighted by molar-refractivity contribution is 9.11. The normalized spacial score (nSPS) is 11.8. The Bertz CT molecular complexity index is 5470. The molecule has 3 aromatic heterocycles. The van der Waals surface area contributed by atoms with E-state index in [0.29, 0.717) is 45.9 Å². The molecular formula is C80H42Br8N8S8. The summed E-state index contributed by atoms with van der Waals surface area (Å²) in [4.78, 5) is 58.6. The van der Waals surface area contributed by atoms with Gasteiger partial charge in [-0.15, -0.1) is 0 Å². The van der Waals surface area contributed by atoms with Gasteiger partial charge < -0.3 is 9.97 Å². The van der Waals surface area contributed by atoms with Crippen LogP contribution in [0.25, 0.3) is 89.7 Å². The molecule has 17 rings (SSSR count). The zero-order chi connectivity index (χ0) is 70.7. The van der Waals surface area contributed by atoms with Crippen LogP contribution in [0.15, 0.2) is 357 Å². The van der Waals surface area contributed by atoms with Crippen LogP contribution in [0, 0.1) is 0 Å². The predicted octanol–water partition coefficient (Wildman–Crippen LogP) is 30.2. The van der Waals surface area contributed by atoms with Crippen molar-refractivity contribution in [3.8, 4) is 45.6 Å². The number of benzene rings is 12. The zero-order valence-electron chi connectivity index (χ0n) is 53.1. The Morgan fingerprint density at radius 3 is 0.519 bits per heavy atom. The topological polar surface area (TPSA) is 109 Å². The molecule has 0 amide bonds. The number of halogens is 8. The van der Waals surface area contributed by atoms with Crippen molar-refractivity contribution in [3.05, 3.63) is 278 Å². The Labute approximate surface area is 698 Å². The third-order valence-corrected chi connectivity index (χ3v) is 29.1. The summed E-state index contributed by atoms with van der Waals surface area (Å²) in [6, 6.07) is 85.2. The van der Waals surface area contributed by atoms with Crippen molar-refractivity contribution in [2.45, 2.75) is 78.3 Å². The van der Waals surface area contributed by atoms with Gasteiger partial charge in [-0.25, -0.2) is 29.9 Å². The van der Waals surface area contributed by atoms with Crippen molar-refractivity contribution in [1.29, 1.82) is 0 Å². The maximum absolute atomic E-state index is 5.76. The molecule has 0 aliphatic carbocycles. The number of rotatable bonds is 16. The minimum Gasteiger partial charge on any atom is -0.324 e. The molecule has 0 atom stereocenters. The van der Waals surface area contributed by atoms with E-state index in [4.69, 9.17) is 29.9 Å². The number of nitrogens with one attached hydrogen (secondary N) is 2. The summed E-state index contributed by atoms with van der Waals surface area (Å²) < 4.78 is 7.88. The molecule has 2 N–H and O–H groups in total. The van der Waals surface area contributed by atoms with Gasteiger partial charge in [-0.3, -0.25) is 0 Å². The van der Waals surface area contributed by atoms with E-state index in [-0.39, 0.29) is 0 Å². The van der Waals surface area contributed by atoms with E-state index in [1.807, 2.05) is 0 Å². The first-order valence-corrected chi connectivity index (χ1v) is 44.5. The Morgan fingerprint density at radius 2 is 0.356 bits per heavy atom. The number of H-pyrrole nitrogens is 2. The molecule has 0 saturated heterocycles. The molecule has 8 bridgehead atoms. The quantitative estimate of drug-likeness (QED) is 0.0958. The fraction of sp³-hybridized carbons (Fsp3) is 0. The van der Waals surface area contributed by atoms with Crippen molar-refractivity contribution in [2.24, 2.45) is 0 Å². The lowest BCUT2D eigenvalue weighted by molar-refractivity contribution is 1.19. The second kappa shape index (κ2) is 31.3. The highest BCUT2D eigenvalue weighted by atomic mass is 79.9. The van der Waals surface area contributed by atoms with E-state index in [0.717, 1.165) is 158 Å². The molecular weight excluding hydrogens is 1970 g/mol. The maximum Gasteiger partial charge on any atom is 0.164 e. The number of aromatic amines is 2. The molecule has 506 valence electrons. The monoisotopic (exact) mass is 2000 g/mol. The van der Waals surface area contributed by atoms with Crippen molar-refractivity contribution in [2.75, 3.05) is 0 Å². The first kappa shape index (κ1) is 71.6. The maximum atomic E-state index is 5.76. The second-order valence-corrected chi connectivity index (χ2v) is 39.7. The number of fused-ring (bicyclic) bond motifs is 20.